The van der Waals surface area contributed by atoms with Crippen LogP contribution in [0.2, 0.25) is 0 Å². The third kappa shape index (κ3) is 2.41. The van der Waals surface area contributed by atoms with Crippen molar-refractivity contribution in [3.63, 3.8) is 0 Å². The summed E-state index contributed by atoms with van der Waals surface area (Å²) in [6, 6.07) is 6.84. The molecule has 0 fully saturated rings. The van der Waals surface area contributed by atoms with Crippen LogP contribution in [-0.4, -0.2) is 17.1 Å². The molecule has 5 nitrogen and oxygen atoms in total. The molecular weight excluding hydrogens is 225 g/mol. The first-order valence-electron chi connectivity index (χ1n) is 4.79. The van der Waals surface area contributed by atoms with Crippen LogP contribution in [0.4, 0.5) is 10.3 Å². The van der Waals surface area contributed by atoms with Crippen LogP contribution in [0, 0.1) is 5.82 Å². The topological polar surface area (TPSA) is 70.3 Å². The monoisotopic (exact) mass is 235 g/mol. The number of nitrogen functional groups attached to an aromatic ring is 1. The van der Waals surface area contributed by atoms with Gasteiger partial charge in [-0.05, 0) is 12.1 Å². The Kier molecular flexibility index (Phi) is 3.04. The van der Waals surface area contributed by atoms with Crippen molar-refractivity contribution < 1.29 is 13.9 Å². The highest BCUT2D eigenvalue weighted by Gasteiger charge is 2.10. The summed E-state index contributed by atoms with van der Waals surface area (Å²) in [5.41, 5.74) is 5.35. The van der Waals surface area contributed by atoms with Gasteiger partial charge in [-0.1, -0.05) is 12.1 Å². The van der Waals surface area contributed by atoms with Gasteiger partial charge in [0.2, 0.25) is 11.8 Å². The number of nitrogens with zero attached hydrogens (tertiary/aromatic N) is 2. The van der Waals surface area contributed by atoms with Gasteiger partial charge in [0.1, 0.15) is 0 Å². The maximum Gasteiger partial charge on any atom is 0.261 e. The van der Waals surface area contributed by atoms with Crippen molar-refractivity contribution >= 4 is 5.95 Å². The first-order valence-corrected chi connectivity index (χ1v) is 4.79. The van der Waals surface area contributed by atoms with Crippen LogP contribution < -0.4 is 15.2 Å². The van der Waals surface area contributed by atoms with E-state index in [4.69, 9.17) is 15.2 Å². The van der Waals surface area contributed by atoms with Crippen LogP contribution >= 0.6 is 0 Å². The SMILES string of the molecule is COc1ccccc1Oc1nc(N)ncc1F. The molecule has 1 heterocycles. The molecule has 6 heteroatoms. The molecule has 0 unspecified atom stereocenters. The van der Waals surface area contributed by atoms with E-state index in [1.807, 2.05) is 0 Å². The predicted octanol–water partition coefficient (Wildman–Crippen LogP) is 2.00. The smallest absolute Gasteiger partial charge is 0.261 e. The minimum Gasteiger partial charge on any atom is -0.493 e. The third-order valence-corrected chi connectivity index (χ3v) is 2.01. The molecule has 0 aliphatic rings. The predicted molar refractivity (Wildman–Crippen MR) is 59.5 cm³/mol. The highest BCUT2D eigenvalue weighted by atomic mass is 19.1. The zero-order chi connectivity index (χ0) is 12.3. The molecule has 0 aliphatic heterocycles. The molecule has 0 saturated heterocycles. The van der Waals surface area contributed by atoms with E-state index in [1.54, 1.807) is 24.3 Å². The van der Waals surface area contributed by atoms with Gasteiger partial charge in [0, 0.05) is 0 Å². The fourth-order valence-corrected chi connectivity index (χ4v) is 1.24. The number of ether oxygens (including phenoxy) is 2. The van der Waals surface area contributed by atoms with Crippen LogP contribution in [-0.2, 0) is 0 Å². The van der Waals surface area contributed by atoms with Crippen molar-refractivity contribution in [2.45, 2.75) is 0 Å². The van der Waals surface area contributed by atoms with Gasteiger partial charge >= 0.3 is 0 Å². The molecule has 0 radical (unpaired) electrons. The zero-order valence-electron chi connectivity index (χ0n) is 9.05. The molecular formula is C11H10FN3O2. The Balaban J connectivity index is 2.34. The number of hydrogen-bond donors (Lipinski definition) is 1. The number of methoxy groups -OCH3 is 1. The Labute approximate surface area is 97.0 Å². The van der Waals surface area contributed by atoms with Gasteiger partial charge in [-0.15, -0.1) is 0 Å². The summed E-state index contributed by atoms with van der Waals surface area (Å²) < 4.78 is 23.7. The van der Waals surface area contributed by atoms with E-state index >= 15 is 0 Å². The molecule has 0 bridgehead atoms. The van der Waals surface area contributed by atoms with E-state index in [1.165, 1.54) is 7.11 Å². The van der Waals surface area contributed by atoms with Crippen LogP contribution in [0.5, 0.6) is 17.4 Å². The molecule has 1 aromatic carbocycles. The molecule has 0 atom stereocenters. The van der Waals surface area contributed by atoms with Crippen molar-refractivity contribution in [1.82, 2.24) is 9.97 Å². The highest BCUT2D eigenvalue weighted by Crippen LogP contribution is 2.30. The lowest BCUT2D eigenvalue weighted by Crippen LogP contribution is -2.00. The fraction of sp³-hybridized carbons (Fsp3) is 0.0909. The number of para-hydroxylation sites is 2. The van der Waals surface area contributed by atoms with Gasteiger partial charge in [0.25, 0.3) is 5.88 Å². The lowest BCUT2D eigenvalue weighted by molar-refractivity contribution is 0.363. The first-order chi connectivity index (χ1) is 8.20. The summed E-state index contributed by atoms with van der Waals surface area (Å²) in [7, 11) is 1.49. The number of halogens is 1. The molecule has 17 heavy (non-hydrogen) atoms. The van der Waals surface area contributed by atoms with E-state index in [9.17, 15) is 4.39 Å². The molecule has 2 N–H and O–H groups in total. The number of nitrogens with two attached hydrogens (primary N) is 1. The molecule has 2 rings (SSSR count). The zero-order valence-corrected chi connectivity index (χ0v) is 9.05. The highest BCUT2D eigenvalue weighted by molar-refractivity contribution is 5.41. The van der Waals surface area contributed by atoms with Crippen molar-refractivity contribution in [2.24, 2.45) is 0 Å². The van der Waals surface area contributed by atoms with E-state index < -0.39 is 5.82 Å². The summed E-state index contributed by atoms with van der Waals surface area (Å²) in [6.45, 7) is 0. The van der Waals surface area contributed by atoms with Crippen molar-refractivity contribution in [1.29, 1.82) is 0 Å². The lowest BCUT2D eigenvalue weighted by atomic mass is 10.3. The Morgan fingerprint density at radius 2 is 1.94 bits per heavy atom. The van der Waals surface area contributed by atoms with Crippen molar-refractivity contribution in [2.75, 3.05) is 12.8 Å². The summed E-state index contributed by atoms with van der Waals surface area (Å²) in [6.07, 6.45) is 0.951. The standard InChI is InChI=1S/C11H10FN3O2/c1-16-8-4-2-3-5-9(8)17-10-7(12)6-14-11(13)15-10/h2-6H,1H3,(H2,13,14,15). The van der Waals surface area contributed by atoms with Gasteiger partial charge in [-0.25, -0.2) is 4.98 Å². The van der Waals surface area contributed by atoms with Crippen LogP contribution in [0.25, 0.3) is 0 Å². The fourth-order valence-electron chi connectivity index (χ4n) is 1.24. The molecule has 88 valence electrons. The van der Waals surface area contributed by atoms with Crippen molar-refractivity contribution in [3.8, 4) is 17.4 Å². The van der Waals surface area contributed by atoms with Crippen LogP contribution in [0.1, 0.15) is 0 Å². The van der Waals surface area contributed by atoms with Gasteiger partial charge in [0.05, 0.1) is 13.3 Å². The lowest BCUT2D eigenvalue weighted by Gasteiger charge is -2.09. The number of hydrogen-bond acceptors (Lipinski definition) is 5. The minimum atomic E-state index is -0.690. The molecule has 0 spiro atoms. The summed E-state index contributed by atoms with van der Waals surface area (Å²) in [4.78, 5) is 7.16. The second kappa shape index (κ2) is 4.65. The maximum absolute atomic E-state index is 13.3. The molecule has 0 saturated carbocycles. The summed E-state index contributed by atoms with van der Waals surface area (Å²) in [5, 5.41) is 0. The quantitative estimate of drug-likeness (QED) is 0.881. The van der Waals surface area contributed by atoms with Crippen LogP contribution in [0.3, 0.4) is 0 Å². The van der Waals surface area contributed by atoms with E-state index in [0.717, 1.165) is 6.20 Å². The number of aromatic nitrogens is 2. The Morgan fingerprint density at radius 3 is 2.65 bits per heavy atom. The normalized spacial score (nSPS) is 10.0. The number of anilines is 1. The number of benzene rings is 1. The molecule has 0 amide bonds. The van der Waals surface area contributed by atoms with E-state index in [2.05, 4.69) is 9.97 Å². The minimum absolute atomic E-state index is 0.0590. The van der Waals surface area contributed by atoms with E-state index in [0.29, 0.717) is 11.5 Å². The van der Waals surface area contributed by atoms with E-state index in [-0.39, 0.29) is 11.8 Å². The second-order valence-electron chi connectivity index (χ2n) is 3.13. The van der Waals surface area contributed by atoms with Gasteiger partial charge in [0.15, 0.2) is 11.5 Å². The largest absolute Gasteiger partial charge is 0.493 e. The Hall–Kier alpha value is -2.37. The average molecular weight is 235 g/mol. The maximum atomic E-state index is 13.3. The van der Waals surface area contributed by atoms with Crippen molar-refractivity contribution in [3.05, 3.63) is 36.3 Å². The number of rotatable bonds is 3. The molecule has 2 aromatic rings. The molecule has 1 aromatic heterocycles. The second-order valence-corrected chi connectivity index (χ2v) is 3.13. The Bertz CT molecular complexity index is 534. The summed E-state index contributed by atoms with van der Waals surface area (Å²) >= 11 is 0. The molecule has 0 aliphatic carbocycles. The van der Waals surface area contributed by atoms with Gasteiger partial charge in [-0.3, -0.25) is 0 Å². The van der Waals surface area contributed by atoms with Gasteiger partial charge < -0.3 is 15.2 Å². The summed E-state index contributed by atoms with van der Waals surface area (Å²) in [5.74, 6) is -0.153. The first kappa shape index (κ1) is 11.1. The third-order valence-electron chi connectivity index (χ3n) is 2.01. The van der Waals surface area contributed by atoms with Gasteiger partial charge in [-0.2, -0.15) is 9.37 Å². The average Bonchev–Trinajstić information content (AvgIpc) is 2.34. The van der Waals surface area contributed by atoms with Crippen LogP contribution in [0.15, 0.2) is 30.5 Å². The Morgan fingerprint density at radius 1 is 1.24 bits per heavy atom.